The Bertz CT molecular complexity index is 829. The fourth-order valence-electron chi connectivity index (χ4n) is 2.20. The molecule has 0 saturated heterocycles. The van der Waals surface area contributed by atoms with E-state index in [2.05, 4.69) is 0 Å². The minimum absolute atomic E-state index is 0.0487. The van der Waals surface area contributed by atoms with Gasteiger partial charge in [-0.15, -0.1) is 0 Å². The first-order valence-electron chi connectivity index (χ1n) is 7.72. The summed E-state index contributed by atoms with van der Waals surface area (Å²) in [5, 5.41) is 0. The summed E-state index contributed by atoms with van der Waals surface area (Å²) in [4.78, 5) is 10.3. The molecule has 6 nitrogen and oxygen atoms in total. The molecule has 0 aliphatic rings. The van der Waals surface area contributed by atoms with Gasteiger partial charge in [0.05, 0.1) is 13.7 Å². The quantitative estimate of drug-likeness (QED) is 0.386. The average molecular weight is 364 g/mol. The van der Waals surface area contributed by atoms with Crippen molar-refractivity contribution in [3.63, 3.8) is 0 Å². The van der Waals surface area contributed by atoms with Gasteiger partial charge in [0.1, 0.15) is 28.4 Å². The monoisotopic (exact) mass is 364 g/mol. The summed E-state index contributed by atoms with van der Waals surface area (Å²) in [7, 11) is -2.65. The van der Waals surface area contributed by atoms with Gasteiger partial charge in [-0.1, -0.05) is 12.1 Å². The van der Waals surface area contributed by atoms with Gasteiger partial charge < -0.3 is 18.5 Å². The van der Waals surface area contributed by atoms with Crippen LogP contribution in [0.3, 0.4) is 0 Å². The van der Waals surface area contributed by atoms with E-state index in [4.69, 9.17) is 13.7 Å². The smallest absolute Gasteiger partial charge is 0.342 e. The molecule has 0 atom stereocenters. The zero-order chi connectivity index (χ0) is 18.3. The van der Waals surface area contributed by atoms with Gasteiger partial charge in [0.25, 0.3) is 0 Å². The number of carbonyl (C=O) groups excluding carboxylic acids is 1. The molecule has 0 aliphatic carbocycles. The van der Waals surface area contributed by atoms with Crippen molar-refractivity contribution in [1.29, 1.82) is 0 Å². The summed E-state index contributed by atoms with van der Waals surface area (Å²) in [6.45, 7) is 2.17. The highest BCUT2D eigenvalue weighted by Crippen LogP contribution is 2.29. The third-order valence-electron chi connectivity index (χ3n) is 3.30. The van der Waals surface area contributed by atoms with E-state index in [1.807, 2.05) is 0 Å². The number of unbranched alkanes of at least 4 members (excludes halogenated alkanes) is 1. The number of rotatable bonds is 9. The van der Waals surface area contributed by atoms with Crippen molar-refractivity contribution >= 4 is 16.4 Å². The number of para-hydroxylation sites is 1. The molecule has 0 unspecified atom stereocenters. The molecule has 0 bridgehead atoms. The van der Waals surface area contributed by atoms with Gasteiger partial charge >= 0.3 is 10.1 Å². The lowest BCUT2D eigenvalue weighted by atomic mass is 10.2. The first kappa shape index (κ1) is 18.8. The molecule has 2 aromatic carbocycles. The lowest BCUT2D eigenvalue weighted by Gasteiger charge is -2.12. The maximum absolute atomic E-state index is 12.5. The van der Waals surface area contributed by atoms with Crippen LogP contribution in [-0.4, -0.2) is 28.4 Å². The molecule has 0 fully saturated rings. The predicted octanol–water partition coefficient (Wildman–Crippen LogP) is 3.13. The molecule has 0 spiro atoms. The van der Waals surface area contributed by atoms with E-state index in [9.17, 15) is 13.2 Å². The number of benzene rings is 2. The lowest BCUT2D eigenvalue weighted by molar-refractivity contribution is -0.108. The molecule has 0 aromatic heterocycles. The largest absolute Gasteiger partial charge is 0.495 e. The van der Waals surface area contributed by atoms with Crippen molar-refractivity contribution in [2.45, 2.75) is 24.7 Å². The number of aldehydes is 1. The second-order valence-electron chi connectivity index (χ2n) is 5.33. The van der Waals surface area contributed by atoms with Gasteiger partial charge in [-0.25, -0.2) is 0 Å². The summed E-state index contributed by atoms with van der Waals surface area (Å²) in [5.74, 6) is 0.841. The molecular weight excluding hydrogens is 344 g/mol. The fourth-order valence-corrected chi connectivity index (χ4v) is 3.28. The molecule has 0 N–H and O–H groups in total. The second-order valence-corrected chi connectivity index (χ2v) is 6.84. The van der Waals surface area contributed by atoms with Gasteiger partial charge in [0.2, 0.25) is 0 Å². The Labute approximate surface area is 147 Å². The van der Waals surface area contributed by atoms with Crippen molar-refractivity contribution in [2.75, 3.05) is 13.7 Å². The molecule has 0 amide bonds. The fraction of sp³-hybridized carbons (Fsp3) is 0.278. The maximum Gasteiger partial charge on any atom is 0.342 e. The summed E-state index contributed by atoms with van der Waals surface area (Å²) in [5.41, 5.74) is 0.790. The third-order valence-corrected chi connectivity index (χ3v) is 4.59. The highest BCUT2D eigenvalue weighted by Gasteiger charge is 2.21. The van der Waals surface area contributed by atoms with Crippen LogP contribution in [0.15, 0.2) is 47.4 Å². The zero-order valence-electron chi connectivity index (χ0n) is 14.1. The Balaban J connectivity index is 2.21. The van der Waals surface area contributed by atoms with E-state index < -0.39 is 10.1 Å². The van der Waals surface area contributed by atoms with E-state index in [0.29, 0.717) is 25.2 Å². The van der Waals surface area contributed by atoms with Gasteiger partial charge in [-0.2, -0.15) is 8.42 Å². The van der Waals surface area contributed by atoms with Gasteiger partial charge in [-0.3, -0.25) is 0 Å². The molecule has 0 aliphatic heterocycles. The van der Waals surface area contributed by atoms with Crippen LogP contribution in [0, 0.1) is 6.92 Å². The maximum atomic E-state index is 12.5. The number of ether oxygens (including phenoxy) is 2. The van der Waals surface area contributed by atoms with Crippen molar-refractivity contribution < 1.29 is 26.9 Å². The van der Waals surface area contributed by atoms with Crippen LogP contribution in [0.5, 0.6) is 17.2 Å². The third kappa shape index (κ3) is 5.22. The van der Waals surface area contributed by atoms with Crippen molar-refractivity contribution in [1.82, 2.24) is 0 Å². The molecule has 2 aromatic rings. The normalized spacial score (nSPS) is 11.0. The van der Waals surface area contributed by atoms with Crippen LogP contribution in [0.4, 0.5) is 0 Å². The van der Waals surface area contributed by atoms with Crippen LogP contribution in [-0.2, 0) is 14.9 Å². The molecule has 134 valence electrons. The Morgan fingerprint density at radius 3 is 2.52 bits per heavy atom. The standard InChI is InChI=1S/C18H20O6S/c1-14-11-15(23-10-6-5-9-19)13-16(12-14)24-25(20,21)18-8-4-3-7-17(18)22-2/h3-4,7-9,11-13H,5-6,10H2,1-2H3. The van der Waals surface area contributed by atoms with E-state index >= 15 is 0 Å². The summed E-state index contributed by atoms with van der Waals surface area (Å²) in [6.07, 6.45) is 1.83. The van der Waals surface area contributed by atoms with Crippen LogP contribution in [0.2, 0.25) is 0 Å². The van der Waals surface area contributed by atoms with Crippen LogP contribution >= 0.6 is 0 Å². The van der Waals surface area contributed by atoms with E-state index in [1.54, 1.807) is 37.3 Å². The SMILES string of the molecule is COc1ccccc1S(=O)(=O)Oc1cc(C)cc(OCCCC=O)c1. The number of aryl methyl sites for hydroxylation is 1. The molecule has 0 heterocycles. The van der Waals surface area contributed by atoms with Crippen LogP contribution in [0.1, 0.15) is 18.4 Å². The van der Waals surface area contributed by atoms with E-state index in [-0.39, 0.29) is 16.4 Å². The number of hydrogen-bond acceptors (Lipinski definition) is 6. The van der Waals surface area contributed by atoms with E-state index in [1.165, 1.54) is 19.2 Å². The first-order valence-corrected chi connectivity index (χ1v) is 9.13. The average Bonchev–Trinajstić information content (AvgIpc) is 2.58. The molecule has 0 saturated carbocycles. The minimum Gasteiger partial charge on any atom is -0.495 e. The summed E-state index contributed by atoms with van der Waals surface area (Å²) in [6, 6.07) is 11.1. The number of methoxy groups -OCH3 is 1. The van der Waals surface area contributed by atoms with E-state index in [0.717, 1.165) is 11.8 Å². The number of carbonyl (C=O) groups is 1. The Morgan fingerprint density at radius 1 is 1.08 bits per heavy atom. The van der Waals surface area contributed by atoms with Crippen LogP contribution < -0.4 is 13.7 Å². The lowest BCUT2D eigenvalue weighted by Crippen LogP contribution is -2.11. The Morgan fingerprint density at radius 2 is 1.80 bits per heavy atom. The number of hydrogen-bond donors (Lipinski definition) is 0. The Hall–Kier alpha value is -2.54. The van der Waals surface area contributed by atoms with Crippen LogP contribution in [0.25, 0.3) is 0 Å². The molecule has 25 heavy (non-hydrogen) atoms. The van der Waals surface area contributed by atoms with Crippen molar-refractivity contribution in [3.05, 3.63) is 48.0 Å². The highest BCUT2D eigenvalue weighted by atomic mass is 32.2. The molecule has 7 heteroatoms. The molecular formula is C18H20O6S. The molecule has 2 rings (SSSR count). The second kappa shape index (κ2) is 8.53. The highest BCUT2D eigenvalue weighted by molar-refractivity contribution is 7.87. The van der Waals surface area contributed by atoms with Gasteiger partial charge in [0, 0.05) is 12.5 Å². The summed E-state index contributed by atoms with van der Waals surface area (Å²) >= 11 is 0. The first-order chi connectivity index (χ1) is 12.0. The van der Waals surface area contributed by atoms with Gasteiger partial charge in [-0.05, 0) is 43.2 Å². The zero-order valence-corrected chi connectivity index (χ0v) is 14.9. The molecule has 0 radical (unpaired) electrons. The predicted molar refractivity (Wildman–Crippen MR) is 92.8 cm³/mol. The van der Waals surface area contributed by atoms with Crippen molar-refractivity contribution in [2.24, 2.45) is 0 Å². The van der Waals surface area contributed by atoms with Crippen molar-refractivity contribution in [3.8, 4) is 17.2 Å². The minimum atomic E-state index is -4.05. The summed E-state index contributed by atoms with van der Waals surface area (Å²) < 4.78 is 40.9. The Kier molecular flexibility index (Phi) is 6.41. The topological polar surface area (TPSA) is 78.9 Å². The van der Waals surface area contributed by atoms with Gasteiger partial charge in [0.15, 0.2) is 0 Å².